The first-order valence-corrected chi connectivity index (χ1v) is 12.1. The zero-order valence-corrected chi connectivity index (χ0v) is 19.4. The first-order chi connectivity index (χ1) is 16.6. The molecule has 2 aromatic heterocycles. The molecule has 11 heteroatoms. The van der Waals surface area contributed by atoms with Crippen LogP contribution in [0.25, 0.3) is 0 Å². The Morgan fingerprint density at radius 3 is 2.09 bits per heavy atom. The van der Waals surface area contributed by atoms with Crippen LogP contribution in [0.5, 0.6) is 0 Å². The number of anilines is 2. The highest BCUT2D eigenvalue weighted by molar-refractivity contribution is 5.76. The second-order valence-corrected chi connectivity index (χ2v) is 9.22. The summed E-state index contributed by atoms with van der Waals surface area (Å²) in [5.41, 5.74) is 0.687. The highest BCUT2D eigenvalue weighted by Gasteiger charge is 2.26. The van der Waals surface area contributed by atoms with Gasteiger partial charge in [0.1, 0.15) is 6.54 Å². The zero-order chi connectivity index (χ0) is 23.5. The van der Waals surface area contributed by atoms with Crippen LogP contribution in [0.2, 0.25) is 0 Å². The summed E-state index contributed by atoms with van der Waals surface area (Å²) >= 11 is 0. The van der Waals surface area contributed by atoms with Crippen molar-refractivity contribution >= 4 is 17.5 Å². The van der Waals surface area contributed by atoms with Gasteiger partial charge in [0, 0.05) is 70.9 Å². The molecule has 1 aliphatic carbocycles. The Hall–Kier alpha value is -3.05. The molecule has 3 fully saturated rings. The molecular formula is C23H32N8O3. The minimum absolute atomic E-state index is 0.0247. The van der Waals surface area contributed by atoms with Gasteiger partial charge in [0.25, 0.3) is 5.56 Å². The van der Waals surface area contributed by atoms with Crippen LogP contribution < -0.4 is 15.4 Å². The number of aliphatic hydroxyl groups excluding tert-OH is 1. The molecule has 0 atom stereocenters. The smallest absolute Gasteiger partial charge is 0.254 e. The SMILES string of the molecule is O=C(Cn1cnc(C2CC2)cc1=O)N1CCN(c2ccc(N3CCN(CCO)CC3)nn2)CC1. The van der Waals surface area contributed by atoms with Crippen molar-refractivity contribution in [2.75, 3.05) is 75.3 Å². The van der Waals surface area contributed by atoms with E-state index in [0.717, 1.165) is 56.4 Å². The summed E-state index contributed by atoms with van der Waals surface area (Å²) < 4.78 is 1.40. The quantitative estimate of drug-likeness (QED) is 0.568. The van der Waals surface area contributed by atoms with E-state index in [-0.39, 0.29) is 24.6 Å². The van der Waals surface area contributed by atoms with Crippen molar-refractivity contribution in [2.45, 2.75) is 25.3 Å². The predicted octanol–water partition coefficient (Wildman–Crippen LogP) is -0.626. The number of rotatable bonds is 7. The number of hydrogen-bond donors (Lipinski definition) is 1. The van der Waals surface area contributed by atoms with Crippen molar-refractivity contribution in [2.24, 2.45) is 0 Å². The molecule has 2 saturated heterocycles. The van der Waals surface area contributed by atoms with Crippen LogP contribution >= 0.6 is 0 Å². The summed E-state index contributed by atoms with van der Waals surface area (Å²) in [5, 5.41) is 18.0. The van der Waals surface area contributed by atoms with Crippen molar-refractivity contribution in [3.8, 4) is 0 Å². The molecular weight excluding hydrogens is 436 g/mol. The third kappa shape index (κ3) is 5.20. The Balaban J connectivity index is 1.11. The van der Waals surface area contributed by atoms with Gasteiger partial charge in [-0.1, -0.05) is 0 Å². The minimum Gasteiger partial charge on any atom is -0.395 e. The molecule has 0 aromatic carbocycles. The maximum atomic E-state index is 12.7. The Labute approximate surface area is 198 Å². The largest absolute Gasteiger partial charge is 0.395 e. The summed E-state index contributed by atoms with van der Waals surface area (Å²) in [5.74, 6) is 2.04. The molecule has 34 heavy (non-hydrogen) atoms. The summed E-state index contributed by atoms with van der Waals surface area (Å²) in [6.07, 6.45) is 3.69. The standard InChI is InChI=1S/C23H32N8O3/c32-14-13-27-5-7-28(8-6-27)20-3-4-21(26-25-20)29-9-11-30(12-10-29)23(34)16-31-17-24-19(15-22(31)33)18-1-2-18/h3-4,15,17-18,32H,1-2,5-14,16H2. The van der Waals surface area contributed by atoms with Crippen LogP contribution in [0, 0.1) is 0 Å². The van der Waals surface area contributed by atoms with Crippen LogP contribution in [0.15, 0.2) is 29.3 Å². The molecule has 1 N–H and O–H groups in total. The molecule has 11 nitrogen and oxygen atoms in total. The first-order valence-electron chi connectivity index (χ1n) is 12.1. The van der Waals surface area contributed by atoms with Gasteiger partial charge in [0.2, 0.25) is 5.91 Å². The topological polar surface area (TPSA) is 111 Å². The number of aromatic nitrogens is 4. The number of carbonyl (C=O) groups excluding carboxylic acids is 1. The molecule has 0 bridgehead atoms. The molecule has 2 aromatic rings. The van der Waals surface area contributed by atoms with Gasteiger partial charge in [-0.15, -0.1) is 10.2 Å². The average Bonchev–Trinajstić information content (AvgIpc) is 3.72. The number of piperazine rings is 2. The fourth-order valence-corrected chi connectivity index (χ4v) is 4.59. The Kier molecular flexibility index (Phi) is 6.73. The van der Waals surface area contributed by atoms with E-state index in [4.69, 9.17) is 5.11 Å². The summed E-state index contributed by atoms with van der Waals surface area (Å²) in [6, 6.07) is 5.57. The number of hydrogen-bond acceptors (Lipinski definition) is 9. The maximum absolute atomic E-state index is 12.7. The van der Waals surface area contributed by atoms with E-state index in [1.807, 2.05) is 12.1 Å². The third-order valence-corrected chi connectivity index (χ3v) is 6.91. The van der Waals surface area contributed by atoms with Gasteiger partial charge in [0.15, 0.2) is 11.6 Å². The first kappa shape index (κ1) is 22.7. The van der Waals surface area contributed by atoms with Crippen LogP contribution in [0.4, 0.5) is 11.6 Å². The highest BCUT2D eigenvalue weighted by atomic mass is 16.3. The van der Waals surface area contributed by atoms with Crippen molar-refractivity contribution in [3.05, 3.63) is 40.6 Å². The van der Waals surface area contributed by atoms with Crippen LogP contribution in [0.3, 0.4) is 0 Å². The van der Waals surface area contributed by atoms with Crippen molar-refractivity contribution in [1.29, 1.82) is 0 Å². The van der Waals surface area contributed by atoms with Gasteiger partial charge in [-0.2, -0.15) is 0 Å². The van der Waals surface area contributed by atoms with Crippen molar-refractivity contribution < 1.29 is 9.90 Å². The number of nitrogens with zero attached hydrogens (tertiary/aromatic N) is 8. The van der Waals surface area contributed by atoms with Crippen LogP contribution in [-0.2, 0) is 11.3 Å². The van der Waals surface area contributed by atoms with Crippen molar-refractivity contribution in [3.63, 3.8) is 0 Å². The number of β-amino-alcohol motifs (C(OH)–C–C–N with tert-alkyl or cyclic N) is 1. The second-order valence-electron chi connectivity index (χ2n) is 9.22. The molecule has 2 aliphatic heterocycles. The zero-order valence-electron chi connectivity index (χ0n) is 19.4. The molecule has 0 spiro atoms. The van der Waals surface area contributed by atoms with E-state index >= 15 is 0 Å². The van der Waals surface area contributed by atoms with Gasteiger partial charge in [-0.05, 0) is 25.0 Å². The molecule has 182 valence electrons. The lowest BCUT2D eigenvalue weighted by molar-refractivity contribution is -0.132. The van der Waals surface area contributed by atoms with E-state index in [9.17, 15) is 9.59 Å². The molecule has 4 heterocycles. The van der Waals surface area contributed by atoms with Crippen LogP contribution in [0.1, 0.15) is 24.5 Å². The van der Waals surface area contributed by atoms with E-state index in [1.165, 1.54) is 10.9 Å². The Morgan fingerprint density at radius 1 is 0.941 bits per heavy atom. The van der Waals surface area contributed by atoms with Gasteiger partial charge >= 0.3 is 0 Å². The number of carbonyl (C=O) groups is 1. The fourth-order valence-electron chi connectivity index (χ4n) is 4.59. The van der Waals surface area contributed by atoms with E-state index in [0.29, 0.717) is 38.6 Å². The van der Waals surface area contributed by atoms with Gasteiger partial charge in [-0.3, -0.25) is 19.1 Å². The van der Waals surface area contributed by atoms with Gasteiger partial charge in [0.05, 0.1) is 18.6 Å². The van der Waals surface area contributed by atoms with Gasteiger partial charge in [-0.25, -0.2) is 4.98 Å². The summed E-state index contributed by atoms with van der Waals surface area (Å²) in [4.78, 5) is 37.8. The van der Waals surface area contributed by atoms with Crippen molar-refractivity contribution in [1.82, 2.24) is 29.5 Å². The average molecular weight is 469 g/mol. The molecule has 5 rings (SSSR count). The van der Waals surface area contributed by atoms with E-state index in [1.54, 1.807) is 11.0 Å². The Bertz CT molecular complexity index is 1040. The molecule has 0 radical (unpaired) electrons. The molecule has 3 aliphatic rings. The lowest BCUT2D eigenvalue weighted by Crippen LogP contribution is -2.50. The predicted molar refractivity (Wildman–Crippen MR) is 127 cm³/mol. The molecule has 1 saturated carbocycles. The monoisotopic (exact) mass is 468 g/mol. The summed E-state index contributed by atoms with van der Waals surface area (Å²) in [7, 11) is 0. The van der Waals surface area contributed by atoms with Crippen LogP contribution in [-0.4, -0.2) is 106 Å². The number of amides is 1. The van der Waals surface area contributed by atoms with Gasteiger partial charge < -0.3 is 19.8 Å². The molecule has 0 unspecified atom stereocenters. The second kappa shape index (κ2) is 10.1. The minimum atomic E-state index is -0.158. The third-order valence-electron chi connectivity index (χ3n) is 6.91. The lowest BCUT2D eigenvalue weighted by Gasteiger charge is -2.36. The highest BCUT2D eigenvalue weighted by Crippen LogP contribution is 2.38. The Morgan fingerprint density at radius 2 is 1.56 bits per heavy atom. The fraction of sp³-hybridized carbons (Fsp3) is 0.609. The summed E-state index contributed by atoms with van der Waals surface area (Å²) in [6.45, 7) is 7.00. The normalized spacial score (nSPS) is 19.5. The van der Waals surface area contributed by atoms with E-state index in [2.05, 4.69) is 29.9 Å². The van der Waals surface area contributed by atoms with E-state index < -0.39 is 0 Å². The maximum Gasteiger partial charge on any atom is 0.254 e. The number of aliphatic hydroxyl groups is 1. The lowest BCUT2D eigenvalue weighted by atomic mass is 10.2. The molecule has 1 amide bonds.